The second-order valence-electron chi connectivity index (χ2n) is 7.75. The molecule has 0 amide bonds. The molecule has 0 unspecified atom stereocenters. The molecule has 9 heteroatoms. The number of nitro groups is 1. The predicted molar refractivity (Wildman–Crippen MR) is 99.2 cm³/mol. The molecule has 2 heterocycles. The van der Waals surface area contributed by atoms with Crippen LogP contribution in [-0.4, -0.2) is 27.6 Å². The van der Waals surface area contributed by atoms with E-state index in [2.05, 4.69) is 11.9 Å². The van der Waals surface area contributed by atoms with Crippen LogP contribution in [0.25, 0.3) is 11.0 Å². The zero-order valence-electron chi connectivity index (χ0n) is 15.4. The average molecular weight is 395 g/mol. The molecule has 1 saturated heterocycles. The highest BCUT2D eigenvalue weighted by Gasteiger charge is 2.41. The third-order valence-corrected chi connectivity index (χ3v) is 5.79. The first-order valence-corrected chi connectivity index (χ1v) is 9.62. The van der Waals surface area contributed by atoms with E-state index in [1.165, 1.54) is 16.7 Å². The Hall–Kier alpha value is -2.32. The Morgan fingerprint density at radius 1 is 1.18 bits per heavy atom. The van der Waals surface area contributed by atoms with Crippen LogP contribution in [0, 0.1) is 23.0 Å². The number of anilines is 1. The molecule has 0 spiro atoms. The summed E-state index contributed by atoms with van der Waals surface area (Å²) in [5.74, 6) is -0.887. The lowest BCUT2D eigenvalue weighted by Gasteiger charge is -2.32. The Bertz CT molecular complexity index is 903. The van der Waals surface area contributed by atoms with Crippen LogP contribution in [0.15, 0.2) is 12.1 Å². The van der Waals surface area contributed by atoms with Gasteiger partial charge in [-0.3, -0.25) is 10.1 Å². The molecular formula is C19H22F3N4O2. The lowest BCUT2D eigenvalue weighted by Crippen LogP contribution is -2.35. The van der Waals surface area contributed by atoms with Gasteiger partial charge in [0, 0.05) is 25.2 Å². The van der Waals surface area contributed by atoms with Gasteiger partial charge < -0.3 is 9.47 Å². The largest absolute Gasteiger partial charge is 0.449 e. The molecule has 0 N–H and O–H groups in total. The number of alkyl halides is 3. The van der Waals surface area contributed by atoms with Crippen LogP contribution in [0.5, 0.6) is 0 Å². The highest BCUT2D eigenvalue weighted by atomic mass is 19.4. The number of nitrogens with zero attached hydrogens (tertiary/aromatic N) is 4. The summed E-state index contributed by atoms with van der Waals surface area (Å²) >= 11 is 0. The van der Waals surface area contributed by atoms with Crippen LogP contribution < -0.4 is 4.90 Å². The summed E-state index contributed by atoms with van der Waals surface area (Å²) in [7, 11) is 0. The van der Waals surface area contributed by atoms with Crippen LogP contribution in [0.1, 0.15) is 50.4 Å². The first-order valence-electron chi connectivity index (χ1n) is 9.62. The van der Waals surface area contributed by atoms with Gasteiger partial charge >= 0.3 is 6.18 Å². The first-order chi connectivity index (χ1) is 13.3. The molecule has 28 heavy (non-hydrogen) atoms. The summed E-state index contributed by atoms with van der Waals surface area (Å²) in [4.78, 5) is 16.8. The van der Waals surface area contributed by atoms with E-state index in [1.54, 1.807) is 4.90 Å². The van der Waals surface area contributed by atoms with Gasteiger partial charge in [0.2, 0.25) is 5.82 Å². The SMILES string of the molecule is [CH2][C@@H]1CCCN(c2c([N+](=O)[O-])ccc3c2nc(C(F)(F)F)n3C2CCCC2)C1. The fourth-order valence-corrected chi connectivity index (χ4v) is 4.60. The minimum atomic E-state index is -4.62. The van der Waals surface area contributed by atoms with Crippen molar-refractivity contribution >= 4 is 22.4 Å². The normalized spacial score (nSPS) is 21.6. The van der Waals surface area contributed by atoms with Gasteiger partial charge in [-0.2, -0.15) is 13.2 Å². The maximum Gasteiger partial charge on any atom is 0.449 e. The van der Waals surface area contributed by atoms with Crippen molar-refractivity contribution in [3.05, 3.63) is 35.0 Å². The van der Waals surface area contributed by atoms with Crippen molar-refractivity contribution in [1.29, 1.82) is 0 Å². The number of nitro benzene ring substituents is 1. The predicted octanol–water partition coefficient (Wildman–Crippen LogP) is 5.13. The Kier molecular flexibility index (Phi) is 4.71. The van der Waals surface area contributed by atoms with Crippen molar-refractivity contribution in [2.45, 2.75) is 50.7 Å². The van der Waals surface area contributed by atoms with Crippen LogP contribution in [0.3, 0.4) is 0 Å². The number of hydrogen-bond donors (Lipinski definition) is 0. The van der Waals surface area contributed by atoms with Crippen molar-refractivity contribution in [3.8, 4) is 0 Å². The molecule has 4 rings (SSSR count). The number of aromatic nitrogens is 2. The second-order valence-corrected chi connectivity index (χ2v) is 7.75. The van der Waals surface area contributed by atoms with Gasteiger partial charge in [0.05, 0.1) is 10.4 Å². The van der Waals surface area contributed by atoms with Gasteiger partial charge in [-0.15, -0.1) is 0 Å². The lowest BCUT2D eigenvalue weighted by atomic mass is 9.99. The number of imidazole rings is 1. The number of piperidine rings is 1. The standard InChI is InChI=1S/C19H22F3N4O2/c1-12-5-4-10-24(11-12)17-15(26(27)28)9-8-14-16(17)23-18(19(20,21)22)25(14)13-6-2-3-7-13/h8-9,12-13H,1-7,10-11H2/t12-/m1/s1. The first kappa shape index (κ1) is 19.0. The number of halogens is 3. The van der Waals surface area contributed by atoms with E-state index in [4.69, 9.17) is 0 Å². The fourth-order valence-electron chi connectivity index (χ4n) is 4.60. The second kappa shape index (κ2) is 6.93. The van der Waals surface area contributed by atoms with Gasteiger partial charge in [-0.1, -0.05) is 12.8 Å². The van der Waals surface area contributed by atoms with E-state index in [-0.39, 0.29) is 28.9 Å². The Morgan fingerprint density at radius 2 is 1.89 bits per heavy atom. The summed E-state index contributed by atoms with van der Waals surface area (Å²) in [6, 6.07) is 2.46. The summed E-state index contributed by atoms with van der Waals surface area (Å²) in [6.07, 6.45) is 0.122. The minimum absolute atomic E-state index is 0.0718. The van der Waals surface area contributed by atoms with Crippen LogP contribution >= 0.6 is 0 Å². The molecule has 2 aliphatic rings. The quantitative estimate of drug-likeness (QED) is 0.534. The molecule has 1 saturated carbocycles. The van der Waals surface area contributed by atoms with E-state index in [1.807, 2.05) is 0 Å². The van der Waals surface area contributed by atoms with E-state index in [0.717, 1.165) is 25.7 Å². The van der Waals surface area contributed by atoms with E-state index < -0.39 is 16.9 Å². The van der Waals surface area contributed by atoms with Crippen molar-refractivity contribution < 1.29 is 18.1 Å². The van der Waals surface area contributed by atoms with Crippen LogP contribution in [0.2, 0.25) is 0 Å². The maximum absolute atomic E-state index is 13.8. The molecule has 0 bridgehead atoms. The molecule has 1 aromatic heterocycles. The highest BCUT2D eigenvalue weighted by Crippen LogP contribution is 2.44. The smallest absolute Gasteiger partial charge is 0.364 e. The highest BCUT2D eigenvalue weighted by molar-refractivity contribution is 5.95. The Balaban J connectivity index is 1.97. The Morgan fingerprint density at radius 3 is 2.50 bits per heavy atom. The zero-order chi connectivity index (χ0) is 20.1. The number of hydrogen-bond acceptors (Lipinski definition) is 4. The zero-order valence-corrected chi connectivity index (χ0v) is 15.4. The van der Waals surface area contributed by atoms with E-state index >= 15 is 0 Å². The third-order valence-electron chi connectivity index (χ3n) is 5.79. The van der Waals surface area contributed by atoms with Gasteiger partial charge in [-0.25, -0.2) is 4.98 Å². The summed E-state index contributed by atoms with van der Waals surface area (Å²) in [5, 5.41) is 11.6. The molecule has 1 atom stereocenters. The summed E-state index contributed by atoms with van der Waals surface area (Å²) in [5.41, 5.74) is 0.387. The van der Waals surface area contributed by atoms with Crippen molar-refractivity contribution in [2.24, 2.45) is 5.92 Å². The van der Waals surface area contributed by atoms with Gasteiger partial charge in [0.15, 0.2) is 0 Å². The third kappa shape index (κ3) is 3.20. The van der Waals surface area contributed by atoms with Crippen LogP contribution in [0.4, 0.5) is 24.5 Å². The molecule has 1 aliphatic carbocycles. The number of fused-ring (bicyclic) bond motifs is 1. The van der Waals surface area contributed by atoms with Crippen molar-refractivity contribution in [2.75, 3.05) is 18.0 Å². The molecule has 1 aliphatic heterocycles. The molecule has 2 fully saturated rings. The van der Waals surface area contributed by atoms with Gasteiger partial charge in [0.25, 0.3) is 5.69 Å². The fraction of sp³-hybridized carbons (Fsp3) is 0.579. The van der Waals surface area contributed by atoms with Crippen molar-refractivity contribution in [1.82, 2.24) is 9.55 Å². The van der Waals surface area contributed by atoms with Gasteiger partial charge in [0.1, 0.15) is 11.2 Å². The molecule has 1 radical (unpaired) electrons. The molecule has 151 valence electrons. The molecule has 2 aromatic rings. The van der Waals surface area contributed by atoms with Gasteiger partial charge in [-0.05, 0) is 44.6 Å². The Labute approximate surface area is 160 Å². The average Bonchev–Trinajstić information content (AvgIpc) is 3.27. The van der Waals surface area contributed by atoms with E-state index in [9.17, 15) is 23.3 Å². The monoisotopic (exact) mass is 395 g/mol. The minimum Gasteiger partial charge on any atom is -0.364 e. The molecule has 1 aromatic carbocycles. The lowest BCUT2D eigenvalue weighted by molar-refractivity contribution is -0.384. The summed E-state index contributed by atoms with van der Waals surface area (Å²) < 4.78 is 42.6. The summed E-state index contributed by atoms with van der Waals surface area (Å²) in [6.45, 7) is 5.05. The number of benzene rings is 1. The molecular weight excluding hydrogens is 373 g/mol. The van der Waals surface area contributed by atoms with Crippen molar-refractivity contribution in [3.63, 3.8) is 0 Å². The number of rotatable bonds is 3. The topological polar surface area (TPSA) is 64.2 Å². The molecule has 6 nitrogen and oxygen atoms in total. The maximum atomic E-state index is 13.8. The van der Waals surface area contributed by atoms with E-state index in [0.29, 0.717) is 31.4 Å². The van der Waals surface area contributed by atoms with Crippen LogP contribution in [-0.2, 0) is 6.18 Å².